The number of rotatable bonds is 16. The zero-order valence-electron chi connectivity index (χ0n) is 18.1. The molecule has 0 aromatic carbocycles. The molecule has 0 bridgehead atoms. The molecule has 0 spiro atoms. The molecule has 0 rings (SSSR count). The Balaban J connectivity index is 4.73. The number of nitrogens with one attached hydrogen (secondary N) is 1. The zero-order chi connectivity index (χ0) is 21.6. The lowest BCUT2D eigenvalue weighted by atomic mass is 10.1. The lowest BCUT2D eigenvalue weighted by Gasteiger charge is -2.25. The molecule has 3 unspecified atom stereocenters. The number of phosphoric ester groups is 1. The molecule has 0 saturated carbocycles. The van der Waals surface area contributed by atoms with Crippen LogP contribution in [-0.4, -0.2) is 73.4 Å². The van der Waals surface area contributed by atoms with Crippen LogP contribution in [0.1, 0.15) is 52.4 Å². The summed E-state index contributed by atoms with van der Waals surface area (Å²) in [7, 11) is 1.55. The van der Waals surface area contributed by atoms with Crippen molar-refractivity contribution in [2.75, 3.05) is 40.9 Å². The second-order valence-corrected chi connectivity index (χ2v) is 9.40. The molecule has 0 aliphatic rings. The maximum Gasteiger partial charge on any atom is 0.472 e. The van der Waals surface area contributed by atoms with Crippen LogP contribution in [0, 0.1) is 0 Å². The van der Waals surface area contributed by atoms with Crippen molar-refractivity contribution >= 4 is 13.7 Å². The van der Waals surface area contributed by atoms with Crippen molar-refractivity contribution in [3.05, 3.63) is 12.2 Å². The number of amides is 1. The van der Waals surface area contributed by atoms with E-state index in [1.165, 1.54) is 0 Å². The van der Waals surface area contributed by atoms with Gasteiger partial charge in [0.2, 0.25) is 5.91 Å². The number of allylic oxidation sites excluding steroid dienone is 1. The molecule has 0 radical (unpaired) electrons. The van der Waals surface area contributed by atoms with Crippen LogP contribution in [0.15, 0.2) is 12.2 Å². The van der Waals surface area contributed by atoms with Gasteiger partial charge in [-0.2, -0.15) is 0 Å². The molecule has 1 amide bonds. The molecule has 3 atom stereocenters. The Morgan fingerprint density at radius 1 is 1.18 bits per heavy atom. The van der Waals surface area contributed by atoms with Crippen LogP contribution in [0.25, 0.3) is 0 Å². The molecule has 3 N–H and O–H groups in total. The first-order valence-corrected chi connectivity index (χ1v) is 11.6. The van der Waals surface area contributed by atoms with E-state index in [9.17, 15) is 19.4 Å². The van der Waals surface area contributed by atoms with Crippen molar-refractivity contribution in [3.8, 4) is 0 Å². The third-order valence-electron chi connectivity index (χ3n) is 3.98. The minimum atomic E-state index is -4.27. The fraction of sp³-hybridized carbons (Fsp3) is 0.842. The van der Waals surface area contributed by atoms with Gasteiger partial charge in [0.25, 0.3) is 0 Å². The number of aliphatic hydroxyl groups excluding tert-OH is 1. The van der Waals surface area contributed by atoms with Gasteiger partial charge in [0, 0.05) is 6.42 Å². The number of nitrogens with zero attached hydrogens (tertiary/aromatic N) is 1. The third kappa shape index (κ3) is 15.2. The molecule has 9 heteroatoms. The van der Waals surface area contributed by atoms with Crippen LogP contribution in [0.5, 0.6) is 0 Å². The van der Waals surface area contributed by atoms with Crippen LogP contribution in [0.2, 0.25) is 0 Å². The molecule has 28 heavy (non-hydrogen) atoms. The Labute approximate surface area is 170 Å². The summed E-state index contributed by atoms with van der Waals surface area (Å²) in [4.78, 5) is 21.8. The second-order valence-electron chi connectivity index (χ2n) is 7.95. The highest BCUT2D eigenvalue weighted by molar-refractivity contribution is 7.47. The highest BCUT2D eigenvalue weighted by atomic mass is 31.2. The van der Waals surface area contributed by atoms with Gasteiger partial charge in [-0.25, -0.2) is 4.57 Å². The van der Waals surface area contributed by atoms with Crippen LogP contribution < -0.4 is 5.32 Å². The summed E-state index contributed by atoms with van der Waals surface area (Å²) in [5.74, 6) is -0.242. The highest BCUT2D eigenvalue weighted by Crippen LogP contribution is 2.43. The number of phosphoric acid groups is 1. The number of unbranched alkanes of at least 4 members (excludes halogenated alkanes) is 3. The second kappa shape index (κ2) is 14.3. The quantitative estimate of drug-likeness (QED) is 0.153. The van der Waals surface area contributed by atoms with Crippen LogP contribution in [-0.2, 0) is 18.4 Å². The maximum absolute atomic E-state index is 12.1. The fourth-order valence-corrected chi connectivity index (χ4v) is 2.99. The van der Waals surface area contributed by atoms with Crippen molar-refractivity contribution in [2.24, 2.45) is 0 Å². The summed E-state index contributed by atoms with van der Waals surface area (Å²) < 4.78 is 22.6. The van der Waals surface area contributed by atoms with Gasteiger partial charge in [0.05, 0.1) is 39.9 Å². The third-order valence-corrected chi connectivity index (χ3v) is 4.96. The molecule has 0 heterocycles. The largest absolute Gasteiger partial charge is 0.472 e. The monoisotopic (exact) mass is 423 g/mol. The first kappa shape index (κ1) is 27.2. The lowest BCUT2D eigenvalue weighted by molar-refractivity contribution is -0.870. The van der Waals surface area contributed by atoms with Gasteiger partial charge in [-0.05, 0) is 19.3 Å². The first-order chi connectivity index (χ1) is 13.0. The molecule has 0 aliphatic heterocycles. The molecule has 0 aliphatic carbocycles. The van der Waals surface area contributed by atoms with E-state index < -0.39 is 20.0 Å². The van der Waals surface area contributed by atoms with E-state index in [-0.39, 0.29) is 19.1 Å². The summed E-state index contributed by atoms with van der Waals surface area (Å²) >= 11 is 0. The Morgan fingerprint density at radius 3 is 2.43 bits per heavy atom. The summed E-state index contributed by atoms with van der Waals surface area (Å²) in [6, 6.07) is -0.830. The van der Waals surface area contributed by atoms with Crippen LogP contribution in [0.4, 0.5) is 0 Å². The Morgan fingerprint density at radius 2 is 1.86 bits per heavy atom. The van der Waals surface area contributed by atoms with Crippen molar-refractivity contribution in [1.29, 1.82) is 0 Å². The first-order valence-electron chi connectivity index (χ1n) is 10.1. The van der Waals surface area contributed by atoms with E-state index in [2.05, 4.69) is 12.2 Å². The van der Waals surface area contributed by atoms with Crippen molar-refractivity contribution in [3.63, 3.8) is 0 Å². The van der Waals surface area contributed by atoms with Gasteiger partial charge >= 0.3 is 7.82 Å². The van der Waals surface area contributed by atoms with Crippen LogP contribution >= 0.6 is 7.82 Å². The van der Waals surface area contributed by atoms with Gasteiger partial charge in [-0.15, -0.1) is 0 Å². The number of hydrogen-bond acceptors (Lipinski definition) is 5. The summed E-state index contributed by atoms with van der Waals surface area (Å²) in [5, 5.41) is 13.0. The maximum atomic E-state index is 12.1. The van der Waals surface area contributed by atoms with E-state index in [1.807, 2.05) is 34.1 Å². The number of carbonyl (C=O) groups is 1. The minimum Gasteiger partial charge on any atom is -0.387 e. The van der Waals surface area contributed by atoms with E-state index in [4.69, 9.17) is 9.05 Å². The molecule has 8 nitrogen and oxygen atoms in total. The molecular weight excluding hydrogens is 383 g/mol. The van der Waals surface area contributed by atoms with E-state index >= 15 is 0 Å². The summed E-state index contributed by atoms with van der Waals surface area (Å²) in [5.41, 5.74) is 0. The minimum absolute atomic E-state index is 0.0595. The molecule has 0 aromatic heterocycles. The topological polar surface area (TPSA) is 105 Å². The Bertz CT molecular complexity index is 507. The smallest absolute Gasteiger partial charge is 0.387 e. The normalized spacial score (nSPS) is 16.7. The summed E-state index contributed by atoms with van der Waals surface area (Å²) in [6.45, 7) is 4.26. The van der Waals surface area contributed by atoms with Gasteiger partial charge < -0.3 is 19.8 Å². The average molecular weight is 424 g/mol. The molecule has 0 saturated heterocycles. The molecule has 166 valence electrons. The average Bonchev–Trinajstić information content (AvgIpc) is 2.57. The van der Waals surface area contributed by atoms with Gasteiger partial charge in [0.1, 0.15) is 13.2 Å². The SMILES string of the molecule is CCCCC/C=C/C(O)C(COP(=O)(O)OCC[N+](C)(C)C)NC(=O)CCC. The molecular formula is C19H40N2O6P+. The van der Waals surface area contributed by atoms with Crippen molar-refractivity contribution in [1.82, 2.24) is 5.32 Å². The van der Waals surface area contributed by atoms with Crippen LogP contribution in [0.3, 0.4) is 0 Å². The number of carbonyl (C=O) groups excluding carboxylic acids is 1. The number of hydrogen-bond donors (Lipinski definition) is 3. The van der Waals surface area contributed by atoms with Crippen molar-refractivity contribution in [2.45, 2.75) is 64.5 Å². The standard InChI is InChI=1S/C19H39N2O6P/c1-6-8-9-10-11-13-18(22)17(20-19(23)12-7-2)16-27-28(24,25)26-15-14-21(3,4)5/h11,13,17-18,22H,6-10,12,14-16H2,1-5H3,(H-,20,23,24,25)/p+1/b13-11+. The summed E-state index contributed by atoms with van der Waals surface area (Å²) in [6.07, 6.45) is 7.47. The highest BCUT2D eigenvalue weighted by Gasteiger charge is 2.27. The Hall–Kier alpha value is -0.760. The number of likely N-dealkylation sites (N-methyl/N-ethyl adjacent to an activating group) is 1. The predicted octanol–water partition coefficient (Wildman–Crippen LogP) is 2.61. The van der Waals surface area contributed by atoms with E-state index in [1.54, 1.807) is 6.08 Å². The van der Waals surface area contributed by atoms with Gasteiger partial charge in [0.15, 0.2) is 0 Å². The Kier molecular flexibility index (Phi) is 13.9. The van der Waals surface area contributed by atoms with Crippen molar-refractivity contribution < 1.29 is 32.9 Å². The molecule has 0 aromatic rings. The molecule has 0 fully saturated rings. The zero-order valence-corrected chi connectivity index (χ0v) is 19.0. The predicted molar refractivity (Wildman–Crippen MR) is 111 cm³/mol. The van der Waals surface area contributed by atoms with E-state index in [0.717, 1.165) is 25.7 Å². The number of quaternary nitrogens is 1. The number of aliphatic hydroxyl groups is 1. The fourth-order valence-electron chi connectivity index (χ4n) is 2.26. The van der Waals surface area contributed by atoms with Gasteiger partial charge in [-0.1, -0.05) is 38.8 Å². The van der Waals surface area contributed by atoms with E-state index in [0.29, 0.717) is 23.9 Å². The lowest BCUT2D eigenvalue weighted by Crippen LogP contribution is -2.45. The van der Waals surface area contributed by atoms with Gasteiger partial charge in [-0.3, -0.25) is 13.8 Å².